The Morgan fingerprint density at radius 2 is 2.05 bits per heavy atom. The maximum atomic E-state index is 9.35. The first-order chi connectivity index (χ1) is 9.24. The van der Waals surface area contributed by atoms with Gasteiger partial charge in [-0.25, -0.2) is 0 Å². The Hall–Kier alpha value is -1.10. The molecule has 0 fully saturated rings. The summed E-state index contributed by atoms with van der Waals surface area (Å²) in [6, 6.07) is 8.20. The Labute approximate surface area is 116 Å². The molecule has 1 aromatic carbocycles. The highest BCUT2D eigenvalue weighted by Gasteiger charge is 2.13. The molecule has 0 saturated carbocycles. The molecule has 0 saturated heterocycles. The molecule has 4 nitrogen and oxygen atoms in total. The molecule has 0 radical (unpaired) electrons. The number of hydrogen-bond donors (Lipinski definition) is 2. The van der Waals surface area contributed by atoms with Gasteiger partial charge < -0.3 is 15.2 Å². The third-order valence-corrected chi connectivity index (χ3v) is 3.23. The average molecular weight is 266 g/mol. The molecule has 4 heteroatoms. The van der Waals surface area contributed by atoms with E-state index in [0.717, 1.165) is 31.9 Å². The Bertz CT molecular complexity index is 358. The van der Waals surface area contributed by atoms with Gasteiger partial charge in [0.25, 0.3) is 0 Å². The lowest BCUT2D eigenvalue weighted by molar-refractivity contribution is 0.181. The second-order valence-electron chi connectivity index (χ2n) is 4.58. The second-order valence-corrected chi connectivity index (χ2v) is 4.58. The second kappa shape index (κ2) is 8.91. The van der Waals surface area contributed by atoms with E-state index in [-0.39, 0.29) is 12.6 Å². The van der Waals surface area contributed by atoms with Gasteiger partial charge in [-0.3, -0.25) is 4.90 Å². The summed E-state index contributed by atoms with van der Waals surface area (Å²) in [6.07, 6.45) is 0. The summed E-state index contributed by atoms with van der Waals surface area (Å²) in [5.74, 6) is 0.921. The van der Waals surface area contributed by atoms with Crippen LogP contribution in [0.25, 0.3) is 0 Å². The van der Waals surface area contributed by atoms with Gasteiger partial charge in [0.1, 0.15) is 5.75 Å². The van der Waals surface area contributed by atoms with Crippen molar-refractivity contribution in [1.29, 1.82) is 0 Å². The fourth-order valence-corrected chi connectivity index (χ4v) is 2.17. The van der Waals surface area contributed by atoms with Crippen LogP contribution in [0.4, 0.5) is 0 Å². The molecular weight excluding hydrogens is 240 g/mol. The van der Waals surface area contributed by atoms with Crippen molar-refractivity contribution in [3.05, 3.63) is 29.8 Å². The van der Waals surface area contributed by atoms with Crippen LogP contribution in [0.1, 0.15) is 19.4 Å². The number of hydrogen-bond acceptors (Lipinski definition) is 4. The zero-order valence-corrected chi connectivity index (χ0v) is 12.2. The number of rotatable bonds is 9. The molecule has 1 rings (SSSR count). The quantitative estimate of drug-likeness (QED) is 0.711. The minimum atomic E-state index is 0.125. The van der Waals surface area contributed by atoms with Crippen molar-refractivity contribution < 1.29 is 9.84 Å². The predicted octanol–water partition coefficient (Wildman–Crippen LogP) is 1.49. The van der Waals surface area contributed by atoms with Crippen LogP contribution in [0.5, 0.6) is 5.75 Å². The van der Waals surface area contributed by atoms with Crippen LogP contribution in [-0.2, 0) is 6.54 Å². The van der Waals surface area contributed by atoms with Crippen molar-refractivity contribution in [3.8, 4) is 5.75 Å². The van der Waals surface area contributed by atoms with Gasteiger partial charge in [-0.15, -0.1) is 0 Å². The molecule has 108 valence electrons. The predicted molar refractivity (Wildman–Crippen MR) is 78.5 cm³/mol. The Morgan fingerprint density at radius 1 is 1.32 bits per heavy atom. The molecule has 0 aliphatic heterocycles. The number of nitrogens with one attached hydrogen (secondary N) is 1. The smallest absolute Gasteiger partial charge is 0.123 e. The zero-order chi connectivity index (χ0) is 14.1. The van der Waals surface area contributed by atoms with Crippen molar-refractivity contribution in [3.63, 3.8) is 0 Å². The van der Waals surface area contributed by atoms with Gasteiger partial charge in [-0.1, -0.05) is 32.0 Å². The Kier molecular flexibility index (Phi) is 7.48. The number of aliphatic hydroxyl groups is 1. The number of likely N-dealkylation sites (N-methyl/N-ethyl adjacent to an activating group) is 2. The van der Waals surface area contributed by atoms with Crippen molar-refractivity contribution in [2.75, 3.05) is 33.4 Å². The maximum absolute atomic E-state index is 9.35. The highest BCUT2D eigenvalue weighted by molar-refractivity contribution is 5.33. The zero-order valence-electron chi connectivity index (χ0n) is 12.2. The van der Waals surface area contributed by atoms with E-state index in [9.17, 15) is 5.11 Å². The molecule has 0 spiro atoms. The van der Waals surface area contributed by atoms with Gasteiger partial charge in [0.05, 0.1) is 13.7 Å². The standard InChI is InChI=1S/C15H26N2O2/c1-4-16-14(12-18)11-17(5-2)10-13-8-6-7-9-15(13)19-3/h6-9,14,16,18H,4-5,10-12H2,1-3H3/t14-/m1/s1. The van der Waals surface area contributed by atoms with Gasteiger partial charge in [-0.05, 0) is 19.2 Å². The number of nitrogens with zero attached hydrogens (tertiary/aromatic N) is 1. The van der Waals surface area contributed by atoms with Gasteiger partial charge in [-0.2, -0.15) is 0 Å². The van der Waals surface area contributed by atoms with Crippen molar-refractivity contribution in [2.24, 2.45) is 0 Å². The van der Waals surface area contributed by atoms with E-state index in [1.54, 1.807) is 7.11 Å². The van der Waals surface area contributed by atoms with Crippen molar-refractivity contribution in [2.45, 2.75) is 26.4 Å². The van der Waals surface area contributed by atoms with E-state index in [2.05, 4.69) is 30.1 Å². The summed E-state index contributed by atoms with van der Waals surface area (Å²) < 4.78 is 5.38. The molecule has 0 aliphatic carbocycles. The number of methoxy groups -OCH3 is 1. The molecule has 1 atom stereocenters. The van der Waals surface area contributed by atoms with E-state index < -0.39 is 0 Å². The Morgan fingerprint density at radius 3 is 2.63 bits per heavy atom. The van der Waals surface area contributed by atoms with Crippen molar-refractivity contribution >= 4 is 0 Å². The van der Waals surface area contributed by atoms with Crippen LogP contribution < -0.4 is 10.1 Å². The molecule has 0 bridgehead atoms. The highest BCUT2D eigenvalue weighted by atomic mass is 16.5. The SMILES string of the molecule is CCN[C@@H](CO)CN(CC)Cc1ccccc1OC. The molecule has 0 aromatic heterocycles. The first-order valence-corrected chi connectivity index (χ1v) is 6.93. The van der Waals surface area contributed by atoms with E-state index in [0.29, 0.717) is 0 Å². The molecule has 19 heavy (non-hydrogen) atoms. The van der Waals surface area contributed by atoms with Gasteiger partial charge in [0.15, 0.2) is 0 Å². The molecule has 2 N–H and O–H groups in total. The molecule has 0 aliphatic rings. The fourth-order valence-electron chi connectivity index (χ4n) is 2.17. The first kappa shape index (κ1) is 16.0. The largest absolute Gasteiger partial charge is 0.496 e. The van der Waals surface area contributed by atoms with Crippen LogP contribution >= 0.6 is 0 Å². The van der Waals surface area contributed by atoms with E-state index >= 15 is 0 Å². The topological polar surface area (TPSA) is 44.7 Å². The lowest BCUT2D eigenvalue weighted by atomic mass is 10.1. The Balaban J connectivity index is 2.65. The van der Waals surface area contributed by atoms with Gasteiger partial charge in [0.2, 0.25) is 0 Å². The fraction of sp³-hybridized carbons (Fsp3) is 0.600. The normalized spacial score (nSPS) is 12.7. The van der Waals surface area contributed by atoms with Crippen molar-refractivity contribution in [1.82, 2.24) is 10.2 Å². The number of ether oxygens (including phenoxy) is 1. The number of aliphatic hydroxyl groups excluding tert-OH is 1. The summed E-state index contributed by atoms with van der Waals surface area (Å²) in [7, 11) is 1.70. The minimum Gasteiger partial charge on any atom is -0.496 e. The third kappa shape index (κ3) is 5.19. The molecule has 0 amide bonds. The number of benzene rings is 1. The highest BCUT2D eigenvalue weighted by Crippen LogP contribution is 2.19. The summed E-state index contributed by atoms with van der Waals surface area (Å²) >= 11 is 0. The maximum Gasteiger partial charge on any atom is 0.123 e. The third-order valence-electron chi connectivity index (χ3n) is 3.23. The average Bonchev–Trinajstić information content (AvgIpc) is 2.46. The minimum absolute atomic E-state index is 0.125. The van der Waals surface area contributed by atoms with E-state index in [4.69, 9.17) is 4.74 Å². The first-order valence-electron chi connectivity index (χ1n) is 6.93. The molecule has 0 heterocycles. The molecule has 1 aromatic rings. The molecule has 0 unspecified atom stereocenters. The van der Waals surface area contributed by atoms with Crippen LogP contribution in [0, 0.1) is 0 Å². The summed E-state index contributed by atoms with van der Waals surface area (Å²) in [5, 5.41) is 12.6. The van der Waals surface area contributed by atoms with E-state index in [1.807, 2.05) is 18.2 Å². The van der Waals surface area contributed by atoms with Crippen LogP contribution in [-0.4, -0.2) is 49.4 Å². The van der Waals surface area contributed by atoms with Gasteiger partial charge in [0, 0.05) is 24.7 Å². The van der Waals surface area contributed by atoms with Crippen LogP contribution in [0.15, 0.2) is 24.3 Å². The lowest BCUT2D eigenvalue weighted by Crippen LogP contribution is -2.43. The van der Waals surface area contributed by atoms with Gasteiger partial charge >= 0.3 is 0 Å². The lowest BCUT2D eigenvalue weighted by Gasteiger charge is -2.26. The van der Waals surface area contributed by atoms with E-state index in [1.165, 1.54) is 5.56 Å². The summed E-state index contributed by atoms with van der Waals surface area (Å²) in [4.78, 5) is 2.31. The molecular formula is C15H26N2O2. The monoisotopic (exact) mass is 266 g/mol. The van der Waals surface area contributed by atoms with Crippen LogP contribution in [0.3, 0.4) is 0 Å². The summed E-state index contributed by atoms with van der Waals surface area (Å²) in [5.41, 5.74) is 1.18. The number of para-hydroxylation sites is 1. The summed E-state index contributed by atoms with van der Waals surface area (Å²) in [6.45, 7) is 7.84. The van der Waals surface area contributed by atoms with Crippen LogP contribution in [0.2, 0.25) is 0 Å².